The third-order valence-electron chi connectivity index (χ3n) is 12.5. The quantitative estimate of drug-likeness (QED) is 0.188. The lowest BCUT2D eigenvalue weighted by molar-refractivity contribution is -0.133. The fraction of sp³-hybridized carbons (Fsp3) is 0.277. The van der Waals surface area contributed by atoms with E-state index in [-0.39, 0.29) is 62.0 Å². The molecular formula is C47H43N5O9. The number of nitrogens with zero attached hydrogens (tertiary/aromatic N) is 5. The number of ether oxygens (including phenoxy) is 3. The average Bonchev–Trinajstić information content (AvgIpc) is 3.54. The molecule has 4 atom stereocenters. The molecule has 0 amide bonds. The first-order valence-electron chi connectivity index (χ1n) is 20.1. The molecule has 14 nitrogen and oxygen atoms in total. The molecule has 0 radical (unpaired) electrons. The summed E-state index contributed by atoms with van der Waals surface area (Å²) in [5.41, 5.74) is 1.21. The number of aliphatic hydroxyl groups excluding tert-OH is 1. The Balaban J connectivity index is 1.18. The van der Waals surface area contributed by atoms with Crippen molar-refractivity contribution in [2.24, 2.45) is 13.0 Å². The van der Waals surface area contributed by atoms with E-state index in [9.17, 15) is 19.5 Å². The zero-order chi connectivity index (χ0) is 42.6. The molecule has 6 aromatic rings. The van der Waals surface area contributed by atoms with E-state index >= 15 is 9.59 Å². The number of allylic oxidation sites excluding steroid dienone is 4. The van der Waals surface area contributed by atoms with Crippen molar-refractivity contribution in [1.29, 1.82) is 0 Å². The Labute approximate surface area is 349 Å². The molecule has 61 heavy (non-hydrogen) atoms. The average molecular weight is 822 g/mol. The van der Waals surface area contributed by atoms with E-state index in [1.807, 2.05) is 66.7 Å². The first-order chi connectivity index (χ1) is 29.6. The van der Waals surface area contributed by atoms with Crippen molar-refractivity contribution in [1.82, 2.24) is 23.5 Å². The van der Waals surface area contributed by atoms with Gasteiger partial charge in [-0.3, -0.25) is 14.4 Å². The number of methoxy groups -OCH3 is 2. The zero-order valence-electron chi connectivity index (χ0n) is 33.8. The number of hydrogen-bond donors (Lipinski definition) is 1. The highest BCUT2D eigenvalue weighted by Crippen LogP contribution is 2.61. The van der Waals surface area contributed by atoms with Crippen molar-refractivity contribution in [2.45, 2.75) is 43.3 Å². The largest absolute Gasteiger partial charge is 0.493 e. The maximum Gasteiger partial charge on any atom is 0.347 e. The summed E-state index contributed by atoms with van der Waals surface area (Å²) in [5, 5.41) is 9.39. The second kappa shape index (κ2) is 15.5. The molecule has 1 aliphatic heterocycles. The summed E-state index contributed by atoms with van der Waals surface area (Å²) < 4.78 is 21.9. The lowest BCUT2D eigenvalue weighted by Crippen LogP contribution is -2.58. The van der Waals surface area contributed by atoms with E-state index < -0.39 is 34.7 Å². The predicted octanol–water partition coefficient (Wildman–Crippen LogP) is 4.15. The SMILES string of the molecule is COc1cc2nc(CCn3c(=O)n4n(c3=O)[C@@H]3C[C@H]5C(=O)C(c6ccccc6)=CC(=O)[C@@]5(c5ccccc5)[C@@H](c5ccc(OCCO)cc5)C3=CC4)c(=O)n(C)c2cc1OC. The number of aromatic nitrogens is 5. The minimum Gasteiger partial charge on any atom is -0.493 e. The predicted molar refractivity (Wildman–Crippen MR) is 226 cm³/mol. The fourth-order valence-electron chi connectivity index (χ4n) is 9.76. The molecule has 0 spiro atoms. The van der Waals surface area contributed by atoms with Gasteiger partial charge in [-0.1, -0.05) is 78.9 Å². The van der Waals surface area contributed by atoms with E-state index in [0.717, 1.165) is 15.7 Å². The summed E-state index contributed by atoms with van der Waals surface area (Å²) in [4.78, 5) is 77.6. The topological polar surface area (TPSA) is 166 Å². The van der Waals surface area contributed by atoms with Crippen LogP contribution in [0.2, 0.25) is 0 Å². The fourth-order valence-corrected chi connectivity index (χ4v) is 9.76. The van der Waals surface area contributed by atoms with E-state index in [2.05, 4.69) is 4.98 Å². The van der Waals surface area contributed by atoms with E-state index in [1.165, 1.54) is 34.2 Å². The number of aliphatic hydroxyl groups is 1. The van der Waals surface area contributed by atoms with Crippen molar-refractivity contribution in [3.05, 3.63) is 168 Å². The van der Waals surface area contributed by atoms with E-state index in [4.69, 9.17) is 14.2 Å². The first kappa shape index (κ1) is 39.4. The number of rotatable bonds is 11. The number of hydrogen-bond acceptors (Lipinski definition) is 10. The Morgan fingerprint density at radius 1 is 0.852 bits per heavy atom. The van der Waals surface area contributed by atoms with Gasteiger partial charge in [-0.25, -0.2) is 28.5 Å². The smallest absolute Gasteiger partial charge is 0.347 e. The van der Waals surface area contributed by atoms with Gasteiger partial charge in [-0.15, -0.1) is 0 Å². The van der Waals surface area contributed by atoms with Crippen LogP contribution in [0.4, 0.5) is 0 Å². The summed E-state index contributed by atoms with van der Waals surface area (Å²) in [5.74, 6) is -0.771. The molecule has 9 rings (SSSR count). The second-order valence-corrected chi connectivity index (χ2v) is 15.5. The highest BCUT2D eigenvalue weighted by molar-refractivity contribution is 6.31. The Morgan fingerprint density at radius 3 is 2.23 bits per heavy atom. The van der Waals surface area contributed by atoms with Crippen molar-refractivity contribution in [3.63, 3.8) is 0 Å². The molecule has 1 saturated carbocycles. The van der Waals surface area contributed by atoms with Gasteiger partial charge in [-0.05, 0) is 46.9 Å². The van der Waals surface area contributed by atoms with Gasteiger partial charge in [-0.2, -0.15) is 0 Å². The third-order valence-corrected chi connectivity index (χ3v) is 12.5. The minimum atomic E-state index is -1.41. The van der Waals surface area contributed by atoms with Crippen LogP contribution in [0.25, 0.3) is 16.6 Å². The van der Waals surface area contributed by atoms with Gasteiger partial charge in [0.15, 0.2) is 23.1 Å². The van der Waals surface area contributed by atoms with Gasteiger partial charge in [0.2, 0.25) is 0 Å². The second-order valence-electron chi connectivity index (χ2n) is 15.5. The Bertz CT molecular complexity index is 2960. The number of carbonyl (C=O) groups excluding carboxylic acids is 2. The summed E-state index contributed by atoms with van der Waals surface area (Å²) >= 11 is 0. The summed E-state index contributed by atoms with van der Waals surface area (Å²) in [6, 6.07) is 28.2. The molecule has 0 saturated heterocycles. The number of Topliss-reactive ketones (excluding diaryl/α,β-unsaturated/α-hetero) is 1. The highest BCUT2D eigenvalue weighted by atomic mass is 16.5. The van der Waals surface area contributed by atoms with Crippen LogP contribution in [0, 0.1) is 5.92 Å². The van der Waals surface area contributed by atoms with Gasteiger partial charge in [0, 0.05) is 49.6 Å². The first-order valence-corrected chi connectivity index (χ1v) is 20.1. The summed E-state index contributed by atoms with van der Waals surface area (Å²) in [7, 11) is 4.63. The van der Waals surface area contributed by atoms with E-state index in [0.29, 0.717) is 45.0 Å². The van der Waals surface area contributed by atoms with Crippen LogP contribution in [0.1, 0.15) is 40.8 Å². The van der Waals surface area contributed by atoms with Crippen LogP contribution in [-0.2, 0) is 41.6 Å². The van der Waals surface area contributed by atoms with Crippen LogP contribution >= 0.6 is 0 Å². The number of fused-ring (bicyclic) bond motifs is 5. The van der Waals surface area contributed by atoms with Crippen molar-refractivity contribution >= 4 is 28.2 Å². The monoisotopic (exact) mass is 821 g/mol. The van der Waals surface area contributed by atoms with E-state index in [1.54, 1.807) is 43.4 Å². The molecular weight excluding hydrogens is 779 g/mol. The van der Waals surface area contributed by atoms with Crippen LogP contribution in [0.3, 0.4) is 0 Å². The molecule has 310 valence electrons. The van der Waals surface area contributed by atoms with Gasteiger partial charge in [0.25, 0.3) is 5.56 Å². The molecule has 14 heteroatoms. The van der Waals surface area contributed by atoms with Gasteiger partial charge in [0.05, 0.1) is 49.9 Å². The van der Waals surface area contributed by atoms with Crippen molar-refractivity contribution in [2.75, 3.05) is 27.4 Å². The van der Waals surface area contributed by atoms with Crippen molar-refractivity contribution in [3.8, 4) is 17.2 Å². The molecule has 1 N–H and O–H groups in total. The molecule has 2 aromatic heterocycles. The lowest BCUT2D eigenvalue weighted by atomic mass is 9.47. The normalized spacial score (nSPS) is 20.6. The molecule has 1 fully saturated rings. The van der Waals surface area contributed by atoms with Crippen LogP contribution in [0.15, 0.2) is 129 Å². The molecule has 4 aromatic carbocycles. The Kier molecular flexibility index (Phi) is 10.0. The molecule has 0 unspecified atom stereocenters. The zero-order valence-corrected chi connectivity index (χ0v) is 33.8. The standard InChI is InChI=1S/C47H43N5O9/c1-49-38-27-40(60-3)39(59-2)26-36(38)48-35(44(49)56)19-20-50-45(57)51-21-18-32-37(52(51)46(50)58)25-34-43(55)33(28-10-6-4-7-11-28)24-41(54)47(34,30-12-8-5-9-13-30)42(32)29-14-16-31(17-15-29)61-23-22-53/h4-18,24,26-27,34,37,42,53H,19-23,25H2,1-3H3/t34-,37+,42-,47-/m0/s1. The number of benzene rings is 4. The van der Waals surface area contributed by atoms with Gasteiger partial charge < -0.3 is 23.9 Å². The molecule has 0 bridgehead atoms. The Hall–Kier alpha value is -7.06. The van der Waals surface area contributed by atoms with Crippen molar-refractivity contribution < 1.29 is 28.9 Å². The van der Waals surface area contributed by atoms with Crippen LogP contribution in [-0.4, -0.2) is 67.6 Å². The highest BCUT2D eigenvalue weighted by Gasteiger charge is 2.63. The summed E-state index contributed by atoms with van der Waals surface area (Å²) in [6.07, 6.45) is 3.43. The Morgan fingerprint density at radius 2 is 1.54 bits per heavy atom. The van der Waals surface area contributed by atoms with Crippen LogP contribution in [0.5, 0.6) is 17.2 Å². The molecule has 3 aliphatic rings. The van der Waals surface area contributed by atoms with Crippen LogP contribution < -0.4 is 31.1 Å². The maximum atomic E-state index is 15.3. The number of aryl methyl sites for hydroxylation is 2. The van der Waals surface area contributed by atoms with Gasteiger partial charge in [0.1, 0.15) is 18.1 Å². The lowest BCUT2D eigenvalue weighted by Gasteiger charge is -2.54. The molecule has 2 aliphatic carbocycles. The number of ketones is 2. The maximum absolute atomic E-state index is 15.3. The molecule has 3 heterocycles. The summed E-state index contributed by atoms with van der Waals surface area (Å²) in [6.45, 7) is -0.177. The minimum absolute atomic E-state index is 0.0215. The third kappa shape index (κ3) is 6.19. The van der Waals surface area contributed by atoms with Gasteiger partial charge >= 0.3 is 11.4 Å². The number of carbonyl (C=O) groups is 2.